The second kappa shape index (κ2) is 6.05. The van der Waals surface area contributed by atoms with Gasteiger partial charge >= 0.3 is 0 Å². The molecule has 96 valence electrons. The van der Waals surface area contributed by atoms with Gasteiger partial charge in [-0.3, -0.25) is 0 Å². The summed E-state index contributed by atoms with van der Waals surface area (Å²) in [6.07, 6.45) is 0. The maximum atomic E-state index is 13.0. The van der Waals surface area contributed by atoms with Crippen LogP contribution < -0.4 is 4.72 Å². The Balaban J connectivity index is 2.75. The molecule has 17 heavy (non-hydrogen) atoms. The number of hydrogen-bond donors (Lipinski definition) is 1. The predicted molar refractivity (Wildman–Crippen MR) is 71.2 cm³/mol. The van der Waals surface area contributed by atoms with E-state index in [1.165, 1.54) is 0 Å². The molecule has 0 aliphatic heterocycles. The summed E-state index contributed by atoms with van der Waals surface area (Å²) in [5, 5.41) is 0.600. The fourth-order valence-corrected chi connectivity index (χ4v) is 2.13. The molecule has 1 aromatic rings. The van der Waals surface area contributed by atoms with E-state index in [1.54, 1.807) is 24.3 Å². The van der Waals surface area contributed by atoms with Crippen LogP contribution in [0.25, 0.3) is 0 Å². The molecule has 5 heteroatoms. The molecule has 2 atom stereocenters. The molecule has 0 saturated carbocycles. The van der Waals surface area contributed by atoms with Crippen LogP contribution in [0.4, 0.5) is 4.39 Å². The van der Waals surface area contributed by atoms with Crippen molar-refractivity contribution >= 4 is 23.0 Å². The van der Waals surface area contributed by atoms with Crippen molar-refractivity contribution < 1.29 is 8.94 Å². The number of nitrogens with one attached hydrogen (secondary N) is 1. The van der Waals surface area contributed by atoms with E-state index in [0.29, 0.717) is 5.02 Å². The van der Waals surface area contributed by atoms with Crippen LogP contribution in [0.2, 0.25) is 5.02 Å². The quantitative estimate of drug-likeness (QED) is 0.856. The monoisotopic (exact) mass is 277 g/mol. The fraction of sp³-hybridized carbons (Fsp3) is 0.500. The summed E-state index contributed by atoms with van der Waals surface area (Å²) < 4.78 is 27.2. The lowest BCUT2D eigenvalue weighted by Gasteiger charge is -2.27. The Hall–Kier alpha value is -0.290. The lowest BCUT2D eigenvalue weighted by atomic mass is 10.1. The van der Waals surface area contributed by atoms with E-state index in [4.69, 9.17) is 11.6 Å². The van der Waals surface area contributed by atoms with E-state index in [2.05, 4.69) is 4.72 Å². The fourth-order valence-electron chi connectivity index (χ4n) is 1.19. The van der Waals surface area contributed by atoms with Crippen LogP contribution in [0, 0.1) is 0 Å². The molecule has 0 fully saturated rings. The van der Waals surface area contributed by atoms with Gasteiger partial charge in [0.15, 0.2) is 0 Å². The van der Waals surface area contributed by atoms with Gasteiger partial charge in [0.25, 0.3) is 0 Å². The molecule has 0 aliphatic carbocycles. The van der Waals surface area contributed by atoms with Gasteiger partial charge in [-0.2, -0.15) is 0 Å². The highest BCUT2D eigenvalue weighted by Crippen LogP contribution is 2.21. The number of halogens is 2. The third-order valence-electron chi connectivity index (χ3n) is 2.23. The molecular weight excluding hydrogens is 261 g/mol. The molecule has 2 unspecified atom stereocenters. The second-order valence-electron chi connectivity index (χ2n) is 4.76. The normalized spacial score (nSPS) is 15.6. The second-order valence-corrected chi connectivity index (χ2v) is 7.19. The summed E-state index contributed by atoms with van der Waals surface area (Å²) in [5.74, 6) is 0. The van der Waals surface area contributed by atoms with E-state index in [-0.39, 0.29) is 0 Å². The van der Waals surface area contributed by atoms with Crippen LogP contribution in [0.15, 0.2) is 24.3 Å². The van der Waals surface area contributed by atoms with Crippen molar-refractivity contribution in [3.63, 3.8) is 0 Å². The van der Waals surface area contributed by atoms with Gasteiger partial charge in [0.05, 0.1) is 0 Å². The first-order valence-electron chi connectivity index (χ1n) is 5.34. The third kappa shape index (κ3) is 4.47. The Labute approximate surface area is 110 Å². The summed E-state index contributed by atoms with van der Waals surface area (Å²) in [4.78, 5) is 0. The highest BCUT2D eigenvalue weighted by molar-refractivity contribution is 7.90. The average molecular weight is 278 g/mol. The average Bonchev–Trinajstić information content (AvgIpc) is 2.25. The maximum absolute atomic E-state index is 13.0. The molecule has 2 nitrogen and oxygen atoms in total. The first-order valence-corrected chi connectivity index (χ1v) is 6.87. The zero-order valence-electron chi connectivity index (χ0n) is 10.2. The molecule has 0 bridgehead atoms. The molecule has 0 spiro atoms. The van der Waals surface area contributed by atoms with E-state index in [1.807, 2.05) is 20.8 Å². The van der Waals surface area contributed by atoms with Crippen LogP contribution in [-0.4, -0.2) is 16.0 Å². The minimum atomic E-state index is -1.30. The Bertz CT molecular complexity index is 353. The number of benzene rings is 1. The zero-order chi connectivity index (χ0) is 13.1. The van der Waals surface area contributed by atoms with Crippen LogP contribution in [0.5, 0.6) is 0 Å². The van der Waals surface area contributed by atoms with Crippen LogP contribution in [0.1, 0.15) is 32.4 Å². The maximum Gasteiger partial charge on any atom is 0.136 e. The molecule has 1 aromatic carbocycles. The summed E-state index contributed by atoms with van der Waals surface area (Å²) >= 11 is 4.47. The lowest BCUT2D eigenvalue weighted by molar-refractivity contribution is 0.410. The molecule has 0 heterocycles. The van der Waals surface area contributed by atoms with Crippen molar-refractivity contribution in [3.8, 4) is 0 Å². The molecule has 0 amide bonds. The Morgan fingerprint density at radius 1 is 1.35 bits per heavy atom. The first kappa shape index (κ1) is 14.8. The van der Waals surface area contributed by atoms with Gasteiger partial charge in [-0.05, 0) is 38.5 Å². The van der Waals surface area contributed by atoms with Crippen molar-refractivity contribution in [2.24, 2.45) is 0 Å². The molecule has 0 radical (unpaired) electrons. The molecule has 1 rings (SSSR count). The number of alkyl halides is 1. The van der Waals surface area contributed by atoms with Gasteiger partial charge in [0.1, 0.15) is 17.5 Å². The van der Waals surface area contributed by atoms with Crippen LogP contribution >= 0.6 is 11.6 Å². The molecule has 0 aromatic heterocycles. The van der Waals surface area contributed by atoms with Crippen LogP contribution in [0.3, 0.4) is 0 Å². The standard InChI is InChI=1S/C12H17ClFNOS/c1-12(2,3)17(16)15-11(8-14)9-4-6-10(13)7-5-9/h4-7,11,15H,8H2,1-3H3. The van der Waals surface area contributed by atoms with E-state index in [9.17, 15) is 8.94 Å². The Morgan fingerprint density at radius 2 is 1.88 bits per heavy atom. The van der Waals surface area contributed by atoms with Gasteiger partial charge in [0, 0.05) is 16.4 Å². The van der Waals surface area contributed by atoms with Crippen molar-refractivity contribution in [2.45, 2.75) is 31.6 Å². The molecule has 0 aliphatic rings. The van der Waals surface area contributed by atoms with Crippen LogP contribution in [-0.2, 0) is 11.4 Å². The number of rotatable bonds is 4. The van der Waals surface area contributed by atoms with Crippen molar-refractivity contribution in [1.82, 2.24) is 4.72 Å². The minimum Gasteiger partial charge on any atom is -0.598 e. The highest BCUT2D eigenvalue weighted by Gasteiger charge is 2.29. The smallest absolute Gasteiger partial charge is 0.136 e. The van der Waals surface area contributed by atoms with Crippen molar-refractivity contribution in [2.75, 3.05) is 6.67 Å². The van der Waals surface area contributed by atoms with Crippen molar-refractivity contribution in [3.05, 3.63) is 34.9 Å². The molecule has 1 N–H and O–H groups in total. The zero-order valence-corrected chi connectivity index (χ0v) is 11.7. The Kier molecular flexibility index (Phi) is 5.25. The Morgan fingerprint density at radius 3 is 2.29 bits per heavy atom. The summed E-state index contributed by atoms with van der Waals surface area (Å²) in [5.41, 5.74) is 0.745. The van der Waals surface area contributed by atoms with Gasteiger partial charge in [-0.1, -0.05) is 23.7 Å². The van der Waals surface area contributed by atoms with E-state index >= 15 is 0 Å². The van der Waals surface area contributed by atoms with Gasteiger partial charge < -0.3 is 4.55 Å². The first-order chi connectivity index (χ1) is 7.84. The van der Waals surface area contributed by atoms with Crippen molar-refractivity contribution in [1.29, 1.82) is 0 Å². The molecule has 0 saturated heterocycles. The lowest BCUT2D eigenvalue weighted by Crippen LogP contribution is -2.41. The molecular formula is C12H17ClFNOS. The van der Waals surface area contributed by atoms with Gasteiger partial charge in [-0.15, -0.1) is 4.72 Å². The SMILES string of the molecule is CC(C)(C)[S+]([O-])NC(CF)c1ccc(Cl)cc1. The topological polar surface area (TPSA) is 35.1 Å². The summed E-state index contributed by atoms with van der Waals surface area (Å²) in [6, 6.07) is 6.30. The van der Waals surface area contributed by atoms with E-state index in [0.717, 1.165) is 5.56 Å². The number of hydrogen-bond acceptors (Lipinski definition) is 2. The van der Waals surface area contributed by atoms with Gasteiger partial charge in [0.2, 0.25) is 0 Å². The minimum absolute atomic E-state index is 0.417. The summed E-state index contributed by atoms with van der Waals surface area (Å²) in [7, 11) is 0. The van der Waals surface area contributed by atoms with Gasteiger partial charge in [-0.25, -0.2) is 4.39 Å². The highest BCUT2D eigenvalue weighted by atomic mass is 35.5. The van der Waals surface area contributed by atoms with E-state index < -0.39 is 28.8 Å². The third-order valence-corrected chi connectivity index (χ3v) is 4.10. The summed E-state index contributed by atoms with van der Waals surface area (Å²) in [6.45, 7) is 4.91. The largest absolute Gasteiger partial charge is 0.598 e. The predicted octanol–water partition coefficient (Wildman–Crippen LogP) is 3.40.